The van der Waals surface area contributed by atoms with Crippen molar-refractivity contribution in [2.75, 3.05) is 21.1 Å². The molecule has 0 aliphatic heterocycles. The Morgan fingerprint density at radius 2 is 1.62 bits per heavy atom. The van der Waals surface area contributed by atoms with Gasteiger partial charge in [-0.3, -0.25) is 0 Å². The minimum Gasteiger partial charge on any atom is -0.311 e. The van der Waals surface area contributed by atoms with E-state index in [0.29, 0.717) is 6.04 Å². The molecule has 1 N–H and O–H groups in total. The van der Waals surface area contributed by atoms with E-state index in [0.717, 1.165) is 0 Å². The Bertz CT molecular complexity index is 457. The second kappa shape index (κ2) is 6.93. The van der Waals surface area contributed by atoms with Gasteiger partial charge in [0.25, 0.3) is 0 Å². The summed E-state index contributed by atoms with van der Waals surface area (Å²) in [5.41, 5.74) is 4.47. The second-order valence-corrected chi connectivity index (χ2v) is 6.98. The van der Waals surface area contributed by atoms with E-state index in [4.69, 9.17) is 0 Å². The van der Waals surface area contributed by atoms with Gasteiger partial charge in [0, 0.05) is 5.54 Å². The molecule has 118 valence electrons. The van der Waals surface area contributed by atoms with Gasteiger partial charge >= 0.3 is 0 Å². The molecule has 0 spiro atoms. The first kappa shape index (κ1) is 16.5. The molecule has 2 nitrogen and oxygen atoms in total. The van der Waals surface area contributed by atoms with Crippen LogP contribution in [0, 0.1) is 13.8 Å². The normalized spacial score (nSPS) is 20.3. The fourth-order valence-corrected chi connectivity index (χ4v) is 4.02. The molecule has 0 bridgehead atoms. The fraction of sp³-hybridized carbons (Fsp3) is 0.684. The largest absolute Gasteiger partial charge is 0.311 e. The summed E-state index contributed by atoms with van der Waals surface area (Å²) >= 11 is 0. The average molecular weight is 288 g/mol. The van der Waals surface area contributed by atoms with Crippen LogP contribution in [0.15, 0.2) is 18.2 Å². The molecule has 1 unspecified atom stereocenters. The van der Waals surface area contributed by atoms with Crippen LogP contribution in [0.1, 0.15) is 61.3 Å². The van der Waals surface area contributed by atoms with Crippen LogP contribution < -0.4 is 5.32 Å². The van der Waals surface area contributed by atoms with Crippen LogP contribution in [0.25, 0.3) is 0 Å². The number of nitrogens with zero attached hydrogens (tertiary/aromatic N) is 1. The van der Waals surface area contributed by atoms with Gasteiger partial charge in [0.1, 0.15) is 0 Å². The Morgan fingerprint density at radius 1 is 1.00 bits per heavy atom. The molecule has 1 aromatic carbocycles. The maximum absolute atomic E-state index is 3.64. The maximum Gasteiger partial charge on any atom is 0.0504 e. The Balaban J connectivity index is 2.41. The van der Waals surface area contributed by atoms with Gasteiger partial charge in [-0.15, -0.1) is 0 Å². The first-order chi connectivity index (χ1) is 10.0. The predicted molar refractivity (Wildman–Crippen MR) is 91.8 cm³/mol. The second-order valence-electron chi connectivity index (χ2n) is 6.98. The van der Waals surface area contributed by atoms with Crippen molar-refractivity contribution in [3.8, 4) is 0 Å². The minimum atomic E-state index is 0.243. The molecule has 1 aliphatic rings. The van der Waals surface area contributed by atoms with E-state index in [9.17, 15) is 0 Å². The molecule has 1 atom stereocenters. The van der Waals surface area contributed by atoms with Crippen molar-refractivity contribution in [3.05, 3.63) is 34.9 Å². The molecule has 0 radical (unpaired) electrons. The number of likely N-dealkylation sites (N-methyl/N-ethyl adjacent to an activating group) is 2. The molecule has 1 saturated carbocycles. The van der Waals surface area contributed by atoms with Crippen molar-refractivity contribution in [2.45, 2.75) is 64.0 Å². The lowest BCUT2D eigenvalue weighted by molar-refractivity contribution is 0.0834. The van der Waals surface area contributed by atoms with Crippen molar-refractivity contribution >= 4 is 0 Å². The topological polar surface area (TPSA) is 15.3 Å². The Morgan fingerprint density at radius 3 is 2.10 bits per heavy atom. The summed E-state index contributed by atoms with van der Waals surface area (Å²) in [6.07, 6.45) is 8.05. The number of aryl methyl sites for hydroxylation is 2. The summed E-state index contributed by atoms with van der Waals surface area (Å²) < 4.78 is 0. The Labute approximate surface area is 130 Å². The molecule has 2 heteroatoms. The van der Waals surface area contributed by atoms with E-state index in [1.807, 2.05) is 0 Å². The average Bonchev–Trinajstić information content (AvgIpc) is 2.70. The first-order valence-electron chi connectivity index (χ1n) is 8.43. The SMILES string of the molecule is CNC(c1ccc(C)c(C)c1)C1(N(C)C)CCCCCC1. The van der Waals surface area contributed by atoms with E-state index in [-0.39, 0.29) is 5.54 Å². The number of benzene rings is 1. The van der Waals surface area contributed by atoms with Crippen LogP contribution in [-0.2, 0) is 0 Å². The highest BCUT2D eigenvalue weighted by Gasteiger charge is 2.41. The third kappa shape index (κ3) is 3.32. The van der Waals surface area contributed by atoms with Gasteiger partial charge in [-0.05, 0) is 64.5 Å². The summed E-state index contributed by atoms with van der Waals surface area (Å²) in [6.45, 7) is 4.42. The molecule has 21 heavy (non-hydrogen) atoms. The molecule has 0 heterocycles. The van der Waals surface area contributed by atoms with Gasteiger partial charge in [0.2, 0.25) is 0 Å². The summed E-state index contributed by atoms with van der Waals surface area (Å²) in [4.78, 5) is 2.48. The number of nitrogens with one attached hydrogen (secondary N) is 1. The highest BCUT2D eigenvalue weighted by atomic mass is 15.2. The van der Waals surface area contributed by atoms with Crippen LogP contribution in [0.5, 0.6) is 0 Å². The van der Waals surface area contributed by atoms with Crippen LogP contribution in [0.3, 0.4) is 0 Å². The molecular formula is C19H32N2. The lowest BCUT2D eigenvalue weighted by Gasteiger charge is -2.46. The number of rotatable bonds is 4. The molecule has 1 fully saturated rings. The molecule has 0 amide bonds. The lowest BCUT2D eigenvalue weighted by atomic mass is 9.77. The van der Waals surface area contributed by atoms with Gasteiger partial charge in [-0.1, -0.05) is 43.9 Å². The van der Waals surface area contributed by atoms with E-state index in [1.54, 1.807) is 0 Å². The highest BCUT2D eigenvalue weighted by molar-refractivity contribution is 5.33. The summed E-state index contributed by atoms with van der Waals surface area (Å²) in [5, 5.41) is 3.64. The third-order valence-electron chi connectivity index (χ3n) is 5.55. The van der Waals surface area contributed by atoms with Crippen molar-refractivity contribution in [1.82, 2.24) is 10.2 Å². The van der Waals surface area contributed by atoms with Crippen LogP contribution in [-0.4, -0.2) is 31.6 Å². The lowest BCUT2D eigenvalue weighted by Crippen LogP contribution is -2.53. The van der Waals surface area contributed by atoms with Gasteiger partial charge in [0.05, 0.1) is 6.04 Å². The quantitative estimate of drug-likeness (QED) is 0.835. The molecule has 0 saturated heterocycles. The van der Waals surface area contributed by atoms with E-state index >= 15 is 0 Å². The molecule has 1 aliphatic carbocycles. The van der Waals surface area contributed by atoms with Gasteiger partial charge < -0.3 is 10.2 Å². The Hall–Kier alpha value is -0.860. The van der Waals surface area contributed by atoms with Crippen LogP contribution >= 0.6 is 0 Å². The predicted octanol–water partition coefficient (Wildman–Crippen LogP) is 4.22. The van der Waals surface area contributed by atoms with Crippen molar-refractivity contribution in [1.29, 1.82) is 0 Å². The number of hydrogen-bond acceptors (Lipinski definition) is 2. The van der Waals surface area contributed by atoms with E-state index < -0.39 is 0 Å². The third-order valence-corrected chi connectivity index (χ3v) is 5.55. The van der Waals surface area contributed by atoms with E-state index in [1.165, 1.54) is 55.2 Å². The zero-order valence-corrected chi connectivity index (χ0v) is 14.5. The van der Waals surface area contributed by atoms with Gasteiger partial charge in [0.15, 0.2) is 0 Å². The van der Waals surface area contributed by atoms with Crippen LogP contribution in [0.4, 0.5) is 0 Å². The van der Waals surface area contributed by atoms with Crippen molar-refractivity contribution < 1.29 is 0 Å². The summed E-state index contributed by atoms with van der Waals surface area (Å²) in [6, 6.07) is 7.38. The highest BCUT2D eigenvalue weighted by Crippen LogP contribution is 2.41. The standard InChI is InChI=1S/C19H32N2/c1-15-10-11-17(14-16(15)2)18(20-3)19(21(4)5)12-8-6-7-9-13-19/h10-11,14,18,20H,6-9,12-13H2,1-5H3. The smallest absolute Gasteiger partial charge is 0.0504 e. The van der Waals surface area contributed by atoms with Crippen molar-refractivity contribution in [3.63, 3.8) is 0 Å². The Kier molecular flexibility index (Phi) is 5.45. The molecule has 0 aromatic heterocycles. The van der Waals surface area contributed by atoms with Gasteiger partial charge in [-0.2, -0.15) is 0 Å². The number of hydrogen-bond donors (Lipinski definition) is 1. The first-order valence-corrected chi connectivity index (χ1v) is 8.43. The maximum atomic E-state index is 3.64. The summed E-state index contributed by atoms with van der Waals surface area (Å²) in [5.74, 6) is 0. The zero-order chi connectivity index (χ0) is 15.5. The minimum absolute atomic E-state index is 0.243. The van der Waals surface area contributed by atoms with E-state index in [2.05, 4.69) is 63.4 Å². The monoisotopic (exact) mass is 288 g/mol. The molecular weight excluding hydrogens is 256 g/mol. The van der Waals surface area contributed by atoms with Gasteiger partial charge in [-0.25, -0.2) is 0 Å². The van der Waals surface area contributed by atoms with Crippen molar-refractivity contribution in [2.24, 2.45) is 0 Å². The molecule has 2 rings (SSSR count). The zero-order valence-electron chi connectivity index (χ0n) is 14.5. The van der Waals surface area contributed by atoms with Crippen LogP contribution in [0.2, 0.25) is 0 Å². The molecule has 1 aromatic rings. The fourth-order valence-electron chi connectivity index (χ4n) is 4.02. The summed E-state index contributed by atoms with van der Waals surface area (Å²) in [7, 11) is 6.64.